The molecule has 0 aromatic carbocycles. The smallest absolute Gasteiger partial charge is 0.203 e. The van der Waals surface area contributed by atoms with E-state index in [-0.39, 0.29) is 12.4 Å². The van der Waals surface area contributed by atoms with Crippen molar-refractivity contribution in [1.82, 2.24) is 10.2 Å². The third-order valence-electron chi connectivity index (χ3n) is 0.900. The molecule has 7 heteroatoms. The zero-order valence-corrected chi connectivity index (χ0v) is 7.32. The third kappa shape index (κ3) is 2.32. The van der Waals surface area contributed by atoms with Gasteiger partial charge < -0.3 is 10.9 Å². The highest BCUT2D eigenvalue weighted by Gasteiger charge is 1.94. The zero-order valence-electron chi connectivity index (χ0n) is 5.68. The number of aromatic nitrogens is 2. The van der Waals surface area contributed by atoms with Crippen LogP contribution in [0.25, 0.3) is 0 Å². The van der Waals surface area contributed by atoms with E-state index in [1.807, 2.05) is 0 Å². The van der Waals surface area contributed by atoms with Gasteiger partial charge in [-0.25, -0.2) is 0 Å². The van der Waals surface area contributed by atoms with E-state index in [2.05, 4.69) is 15.4 Å². The van der Waals surface area contributed by atoms with Gasteiger partial charge in [0.1, 0.15) is 0 Å². The number of aryl methyl sites for hydroxylation is 1. The van der Waals surface area contributed by atoms with Crippen molar-refractivity contribution in [2.24, 2.45) is 5.16 Å². The average Bonchev–Trinajstić information content (AvgIpc) is 1.94. The highest BCUT2D eigenvalue weighted by molar-refractivity contribution is 7.12. The predicted octanol–water partition coefficient (Wildman–Crippen LogP) is 0.140. The second-order valence-electron chi connectivity index (χ2n) is 1.63. The first kappa shape index (κ1) is 10.1. The maximum Gasteiger partial charge on any atom is 0.203 e. The van der Waals surface area contributed by atoms with Gasteiger partial charge in [0.25, 0.3) is 0 Å². The Balaban J connectivity index is 0.000001000. The van der Waals surface area contributed by atoms with Crippen molar-refractivity contribution < 1.29 is 5.21 Å². The number of nitrogen functional groups attached to an aromatic ring is 1. The Morgan fingerprint density at radius 1 is 1.55 bits per heavy atom. The van der Waals surface area contributed by atoms with Gasteiger partial charge >= 0.3 is 0 Å². The van der Waals surface area contributed by atoms with Gasteiger partial charge in [0, 0.05) is 0 Å². The molecule has 5 nitrogen and oxygen atoms in total. The van der Waals surface area contributed by atoms with Crippen molar-refractivity contribution in [2.45, 2.75) is 6.92 Å². The van der Waals surface area contributed by atoms with Gasteiger partial charge in [-0.05, 0) is 6.92 Å². The topological polar surface area (TPSA) is 84.4 Å². The lowest BCUT2D eigenvalue weighted by molar-refractivity contribution is 0.303. The quantitative estimate of drug-likeness (QED) is 0.455. The Kier molecular flexibility index (Phi) is 3.77. The summed E-state index contributed by atoms with van der Waals surface area (Å²) in [5.41, 5.74) is 5.85. The second kappa shape index (κ2) is 4.09. The fraction of sp³-hybridized carbons (Fsp3) is 0.250. The first-order valence-electron chi connectivity index (χ1n) is 2.52. The van der Waals surface area contributed by atoms with E-state index >= 15 is 0 Å². The summed E-state index contributed by atoms with van der Waals surface area (Å²) in [4.78, 5) is 0. The molecule has 62 valence electrons. The molecule has 0 unspecified atom stereocenters. The molecule has 0 aliphatic rings. The summed E-state index contributed by atoms with van der Waals surface area (Å²) < 4.78 is 0.396. The fourth-order valence-corrected chi connectivity index (χ4v) is 0.962. The highest BCUT2D eigenvalue weighted by atomic mass is 35.5. The number of halogens is 1. The summed E-state index contributed by atoms with van der Waals surface area (Å²) in [7, 11) is 0. The third-order valence-corrected chi connectivity index (χ3v) is 1.76. The van der Waals surface area contributed by atoms with Crippen LogP contribution >= 0.6 is 23.7 Å². The molecule has 11 heavy (non-hydrogen) atoms. The van der Waals surface area contributed by atoms with Gasteiger partial charge in [-0.1, -0.05) is 16.5 Å². The molecule has 1 heterocycles. The lowest BCUT2D eigenvalue weighted by Crippen LogP contribution is -2.08. The van der Waals surface area contributed by atoms with Gasteiger partial charge in [-0.3, -0.25) is 0 Å². The first-order chi connectivity index (χ1) is 4.74. The van der Waals surface area contributed by atoms with E-state index < -0.39 is 0 Å². The minimum Gasteiger partial charge on any atom is -0.410 e. The molecule has 1 aromatic rings. The van der Waals surface area contributed by atoms with Gasteiger partial charge in [0.05, 0.1) is 5.69 Å². The molecule has 0 aliphatic heterocycles. The van der Waals surface area contributed by atoms with E-state index in [0.29, 0.717) is 15.5 Å². The minimum atomic E-state index is 0. The molecule has 1 aromatic heterocycles. The van der Waals surface area contributed by atoms with Crippen LogP contribution in [0, 0.1) is 6.92 Å². The maximum absolute atomic E-state index is 8.35. The van der Waals surface area contributed by atoms with Crippen LogP contribution < -0.4 is 10.4 Å². The summed E-state index contributed by atoms with van der Waals surface area (Å²) >= 11 is 1.09. The number of hydrogen-bond donors (Lipinski definition) is 2. The van der Waals surface area contributed by atoms with E-state index in [4.69, 9.17) is 10.9 Å². The van der Waals surface area contributed by atoms with Crippen molar-refractivity contribution in [2.75, 3.05) is 5.73 Å². The van der Waals surface area contributed by atoms with Crippen LogP contribution in [0.15, 0.2) is 5.16 Å². The standard InChI is InChI=1S/C4H6N4OS.ClH/c1-2-3(8-9)10-4(5)7-6-2;/h9H,1H3,(H2,5,7);1H/b8-3-;. The molecule has 3 N–H and O–H groups in total. The Labute approximate surface area is 73.0 Å². The predicted molar refractivity (Wildman–Crippen MR) is 43.7 cm³/mol. The number of hydrogen-bond acceptors (Lipinski definition) is 6. The summed E-state index contributed by atoms with van der Waals surface area (Å²) in [6.07, 6.45) is 0. The minimum absolute atomic E-state index is 0. The molecule has 0 bridgehead atoms. The molecule has 0 atom stereocenters. The fourth-order valence-electron chi connectivity index (χ4n) is 0.453. The molecule has 0 spiro atoms. The lowest BCUT2D eigenvalue weighted by atomic mass is 10.6. The van der Waals surface area contributed by atoms with Crippen LogP contribution in [0.5, 0.6) is 0 Å². The van der Waals surface area contributed by atoms with Crippen molar-refractivity contribution >= 4 is 28.9 Å². The molecular formula is C4H7ClN4OS. The molecule has 0 radical (unpaired) electrons. The zero-order chi connectivity index (χ0) is 7.56. The van der Waals surface area contributed by atoms with Crippen LogP contribution in [-0.4, -0.2) is 15.4 Å². The van der Waals surface area contributed by atoms with E-state index in [9.17, 15) is 0 Å². The van der Waals surface area contributed by atoms with Crippen LogP contribution in [0.3, 0.4) is 0 Å². The van der Waals surface area contributed by atoms with Crippen molar-refractivity contribution in [1.29, 1.82) is 0 Å². The molecular weight excluding hydrogens is 188 g/mol. The summed E-state index contributed by atoms with van der Waals surface area (Å²) in [5.74, 6) is 0. The van der Waals surface area contributed by atoms with Crippen LogP contribution in [0.2, 0.25) is 0 Å². The SMILES string of the molecule is Cc1nnc(N)s/c1=N\O.Cl. The molecule has 0 saturated heterocycles. The van der Waals surface area contributed by atoms with Gasteiger partial charge in [-0.15, -0.1) is 22.6 Å². The first-order valence-corrected chi connectivity index (χ1v) is 3.33. The molecule has 0 aliphatic carbocycles. The summed E-state index contributed by atoms with van der Waals surface area (Å²) in [5, 5.41) is 18.8. The normalized spacial score (nSPS) is 10.8. The van der Waals surface area contributed by atoms with Gasteiger partial charge in [0.2, 0.25) is 5.13 Å². The van der Waals surface area contributed by atoms with Crippen molar-refractivity contribution in [3.8, 4) is 0 Å². The highest BCUT2D eigenvalue weighted by Crippen LogP contribution is 1.96. The molecule has 0 amide bonds. The van der Waals surface area contributed by atoms with Gasteiger partial charge in [0.15, 0.2) is 4.67 Å². The lowest BCUT2D eigenvalue weighted by Gasteiger charge is -1.89. The monoisotopic (exact) mass is 194 g/mol. The van der Waals surface area contributed by atoms with E-state index in [1.54, 1.807) is 6.92 Å². The number of nitrogens with zero attached hydrogens (tertiary/aromatic N) is 3. The van der Waals surface area contributed by atoms with Crippen LogP contribution in [-0.2, 0) is 0 Å². The Hall–Kier alpha value is -0.880. The summed E-state index contributed by atoms with van der Waals surface area (Å²) in [6, 6.07) is 0. The van der Waals surface area contributed by atoms with Crippen molar-refractivity contribution in [3.63, 3.8) is 0 Å². The van der Waals surface area contributed by atoms with E-state index in [1.165, 1.54) is 0 Å². The Morgan fingerprint density at radius 3 is 2.64 bits per heavy atom. The number of anilines is 1. The van der Waals surface area contributed by atoms with Gasteiger partial charge in [-0.2, -0.15) is 0 Å². The Bertz CT molecular complexity index is 298. The maximum atomic E-state index is 8.35. The molecule has 0 saturated carbocycles. The van der Waals surface area contributed by atoms with Crippen molar-refractivity contribution in [3.05, 3.63) is 10.4 Å². The number of nitrogens with two attached hydrogens (primary N) is 1. The van der Waals surface area contributed by atoms with E-state index in [0.717, 1.165) is 11.3 Å². The largest absolute Gasteiger partial charge is 0.410 e. The number of rotatable bonds is 0. The summed E-state index contributed by atoms with van der Waals surface area (Å²) in [6.45, 7) is 1.69. The second-order valence-corrected chi connectivity index (χ2v) is 2.64. The van der Waals surface area contributed by atoms with Crippen LogP contribution in [0.4, 0.5) is 5.13 Å². The van der Waals surface area contributed by atoms with Crippen LogP contribution in [0.1, 0.15) is 5.69 Å². The molecule has 0 fully saturated rings. The molecule has 1 rings (SSSR count). The average molecular weight is 195 g/mol. The Morgan fingerprint density at radius 2 is 2.18 bits per heavy atom.